The summed E-state index contributed by atoms with van der Waals surface area (Å²) >= 11 is 0. The maximum atomic E-state index is 9.75. The van der Waals surface area contributed by atoms with E-state index in [1.165, 1.54) is 66.5 Å². The fourth-order valence-corrected chi connectivity index (χ4v) is 11.2. The van der Waals surface area contributed by atoms with Gasteiger partial charge in [-0.1, -0.05) is 66.7 Å². The third-order valence-corrected chi connectivity index (χ3v) is 14.8. The average molecular weight is 896 g/mol. The molecule has 0 saturated heterocycles. The molecule has 0 bridgehead atoms. The van der Waals surface area contributed by atoms with Gasteiger partial charge in [-0.2, -0.15) is 15.8 Å². The zero-order valence-corrected chi connectivity index (χ0v) is 36.5. The van der Waals surface area contributed by atoms with E-state index >= 15 is 0 Å². The first-order chi connectivity index (χ1) is 24.4. The van der Waals surface area contributed by atoms with Gasteiger partial charge in [0.15, 0.2) is 0 Å². The summed E-state index contributed by atoms with van der Waals surface area (Å²) in [6, 6.07) is 32.8. The Morgan fingerprint density at radius 1 is 0.481 bits per heavy atom. The zero-order chi connectivity index (χ0) is 41.9. The molecule has 0 aliphatic heterocycles. The van der Waals surface area contributed by atoms with Crippen molar-refractivity contribution in [2.75, 3.05) is 0 Å². The molecule has 54 heavy (non-hydrogen) atoms. The summed E-state index contributed by atoms with van der Waals surface area (Å²) in [6.07, 6.45) is 2.48. The molecule has 302 valence electrons. The van der Waals surface area contributed by atoms with E-state index in [0.29, 0.717) is 0 Å². The zero-order valence-electron chi connectivity index (χ0n) is 33.0. The quantitative estimate of drug-likeness (QED) is 0.116. The minimum Gasteiger partial charge on any atom is -0.418 e. The number of nitrogens with zero attached hydrogens (tertiary/aromatic N) is 3. The first-order valence-electron chi connectivity index (χ1n) is 17.1. The van der Waals surface area contributed by atoms with Crippen molar-refractivity contribution in [3.8, 4) is 40.5 Å². The number of benzene rings is 3. The molecule has 0 aliphatic rings. The predicted molar refractivity (Wildman–Crippen MR) is 216 cm³/mol. The molecule has 0 unspecified atom stereocenters. The molecule has 3 aromatic carbocycles. The van der Waals surface area contributed by atoms with Crippen molar-refractivity contribution >= 4 is 30.4 Å². The molecule has 0 fully saturated rings. The number of halogens is 8. The van der Waals surface area contributed by atoms with Crippen LogP contribution in [0, 0.1) is 34.0 Å². The molecular formula is C38H55B2F8N3P2Pd+2. The van der Waals surface area contributed by atoms with Gasteiger partial charge in [-0.05, 0) is 94.8 Å². The van der Waals surface area contributed by atoms with Gasteiger partial charge in [-0.3, -0.25) is 0 Å². The maximum Gasteiger partial charge on any atom is 2.00 e. The predicted octanol–water partition coefficient (Wildman–Crippen LogP) is 14.3. The Bertz CT molecular complexity index is 1400. The Kier molecular flexibility index (Phi) is 33.7. The van der Waals surface area contributed by atoms with E-state index in [-0.39, 0.29) is 20.4 Å². The summed E-state index contributed by atoms with van der Waals surface area (Å²) in [5.41, 5.74) is 11.7. The third-order valence-electron chi connectivity index (χ3n) is 7.27. The second kappa shape index (κ2) is 31.4. The smallest absolute Gasteiger partial charge is 0.418 e. The van der Waals surface area contributed by atoms with Crippen LogP contribution in [0.4, 0.5) is 34.5 Å². The van der Waals surface area contributed by atoms with Gasteiger partial charge in [0.05, 0.1) is 53.2 Å². The Morgan fingerprint density at radius 3 is 0.926 bits per heavy atom. The van der Waals surface area contributed by atoms with E-state index in [9.17, 15) is 34.5 Å². The number of nitriles is 3. The Balaban J connectivity index is -0.000000520. The molecule has 0 aliphatic carbocycles. The van der Waals surface area contributed by atoms with Crippen molar-refractivity contribution in [2.24, 2.45) is 0 Å². The molecule has 0 heterocycles. The molecule has 3 aromatic rings. The fourth-order valence-electron chi connectivity index (χ4n) is 5.36. The van der Waals surface area contributed by atoms with Crippen molar-refractivity contribution in [2.45, 2.75) is 111 Å². The van der Waals surface area contributed by atoms with E-state index in [1.807, 2.05) is 0 Å². The largest absolute Gasteiger partial charge is 2.00 e. The topological polar surface area (TPSA) is 71.4 Å². The maximum absolute atomic E-state index is 9.75. The van der Waals surface area contributed by atoms with Crippen molar-refractivity contribution in [3.05, 3.63) is 83.9 Å². The minimum atomic E-state index is -6.00. The minimum absolute atomic E-state index is 0. The van der Waals surface area contributed by atoms with E-state index in [2.05, 4.69) is 128 Å². The van der Waals surface area contributed by atoms with Crippen LogP contribution in [-0.2, 0) is 32.7 Å². The van der Waals surface area contributed by atoms with Crippen molar-refractivity contribution in [1.82, 2.24) is 0 Å². The molecule has 3 nitrogen and oxygen atoms in total. The van der Waals surface area contributed by atoms with Crippen LogP contribution in [0.2, 0.25) is 0 Å². The molecule has 0 amide bonds. The van der Waals surface area contributed by atoms with Crippen LogP contribution in [0.3, 0.4) is 0 Å². The SMILES string of the molecule is CC#N.CC#N.CC#N.CC(C)[PH+](Cc1ccccc1-c1cccc(-c2ccccc2C[PH+](C(C)C)C(C)C)c1)C(C)C.F[B-](F)(F)F.F[B-](F)(F)F.[Pd+2]. The van der Waals surface area contributed by atoms with Crippen LogP contribution in [-0.4, -0.2) is 37.1 Å². The van der Waals surface area contributed by atoms with Crippen LogP contribution in [0.15, 0.2) is 72.8 Å². The Labute approximate surface area is 335 Å². The van der Waals surface area contributed by atoms with Gasteiger partial charge in [-0.15, -0.1) is 0 Å². The first kappa shape index (κ1) is 57.9. The molecule has 0 spiro atoms. The summed E-state index contributed by atoms with van der Waals surface area (Å²) in [4.78, 5) is 0. The van der Waals surface area contributed by atoms with Crippen LogP contribution >= 0.6 is 15.8 Å². The molecule has 0 N–H and O–H groups in total. The Hall–Kier alpha value is -2.78. The molecular weight excluding hydrogens is 840 g/mol. The summed E-state index contributed by atoms with van der Waals surface area (Å²) < 4.78 is 78.0. The fraction of sp³-hybridized carbons (Fsp3) is 0.447. The van der Waals surface area contributed by atoms with Crippen LogP contribution in [0.1, 0.15) is 87.3 Å². The average Bonchev–Trinajstić information content (AvgIpc) is 3.02. The van der Waals surface area contributed by atoms with E-state index in [1.54, 1.807) is 18.2 Å². The number of hydrogen-bond acceptors (Lipinski definition) is 3. The van der Waals surface area contributed by atoms with Gasteiger partial charge in [0.2, 0.25) is 0 Å². The number of hydrogen-bond donors (Lipinski definition) is 0. The Morgan fingerprint density at radius 2 is 0.704 bits per heavy atom. The summed E-state index contributed by atoms with van der Waals surface area (Å²) in [7, 11) is -12.9. The van der Waals surface area contributed by atoms with E-state index in [4.69, 9.17) is 15.8 Å². The van der Waals surface area contributed by atoms with Gasteiger partial charge in [-0.25, -0.2) is 0 Å². The normalized spacial score (nSPS) is 10.3. The van der Waals surface area contributed by atoms with Gasteiger partial charge in [0.25, 0.3) is 0 Å². The molecule has 0 atom stereocenters. The monoisotopic (exact) mass is 895 g/mol. The van der Waals surface area contributed by atoms with E-state index in [0.717, 1.165) is 22.6 Å². The van der Waals surface area contributed by atoms with Gasteiger partial charge >= 0.3 is 34.9 Å². The van der Waals surface area contributed by atoms with Crippen LogP contribution < -0.4 is 0 Å². The second-order valence-corrected chi connectivity index (χ2v) is 20.3. The van der Waals surface area contributed by atoms with Crippen LogP contribution in [0.5, 0.6) is 0 Å². The van der Waals surface area contributed by atoms with E-state index < -0.39 is 30.4 Å². The standard InChI is InChI=1S/C32H44P2.3C2H3N.2BF4.Pd/c1-23(2)33(24(3)4)21-29-14-9-11-18-31(29)27-16-13-17-28(20-27)32-19-12-10-15-30(32)22-34(25(5)6)26(7)8;3*1-2-3;2*2-1(3,4)5;/h9-20,23-26H,21-22H2,1-8H3;3*1H3;;;/q;;;;2*-1;+2/p+2. The van der Waals surface area contributed by atoms with Gasteiger partial charge < -0.3 is 34.5 Å². The molecule has 0 saturated carbocycles. The second-order valence-electron chi connectivity index (χ2n) is 12.7. The van der Waals surface area contributed by atoms with Crippen molar-refractivity contribution in [1.29, 1.82) is 15.8 Å². The van der Waals surface area contributed by atoms with Crippen molar-refractivity contribution in [3.63, 3.8) is 0 Å². The van der Waals surface area contributed by atoms with Gasteiger partial charge in [0, 0.05) is 36.6 Å². The third kappa shape index (κ3) is 30.5. The molecule has 16 heteroatoms. The number of rotatable bonds is 10. The summed E-state index contributed by atoms with van der Waals surface area (Å²) in [6.45, 7) is 23.6. The summed E-state index contributed by atoms with van der Waals surface area (Å²) in [5, 5.41) is 22.0. The van der Waals surface area contributed by atoms with Gasteiger partial charge in [0.1, 0.15) is 0 Å². The molecule has 0 radical (unpaired) electrons. The molecule has 0 aromatic heterocycles. The molecule has 3 rings (SSSR count). The summed E-state index contributed by atoms with van der Waals surface area (Å²) in [5.74, 6) is 0. The van der Waals surface area contributed by atoms with Crippen LogP contribution in [0.25, 0.3) is 22.3 Å². The first-order valence-corrected chi connectivity index (χ1v) is 20.8. The van der Waals surface area contributed by atoms with Crippen molar-refractivity contribution < 1.29 is 54.9 Å².